The van der Waals surface area contributed by atoms with Gasteiger partial charge in [-0.15, -0.1) is 0 Å². The van der Waals surface area contributed by atoms with Gasteiger partial charge in [0.1, 0.15) is 17.2 Å². The molecule has 0 bridgehead atoms. The Balaban J connectivity index is 2.31. The van der Waals surface area contributed by atoms with Gasteiger partial charge < -0.3 is 5.32 Å². The number of aryl methyl sites for hydroxylation is 1. The summed E-state index contributed by atoms with van der Waals surface area (Å²) in [6.07, 6.45) is 1.85. The van der Waals surface area contributed by atoms with Crippen LogP contribution in [0, 0.1) is 11.6 Å². The van der Waals surface area contributed by atoms with Crippen molar-refractivity contribution in [3.05, 3.63) is 59.4 Å². The normalized spacial score (nSPS) is 10.3. The molecule has 0 unspecified atom stereocenters. The van der Waals surface area contributed by atoms with Crippen molar-refractivity contribution < 1.29 is 13.6 Å². The second kappa shape index (κ2) is 5.56. The Morgan fingerprint density at radius 1 is 1.26 bits per heavy atom. The lowest BCUT2D eigenvalue weighted by atomic mass is 10.1. The molecule has 0 saturated carbocycles. The Bertz CT molecular complexity index is 600. The van der Waals surface area contributed by atoms with Crippen LogP contribution in [0.25, 0.3) is 0 Å². The number of anilines is 1. The zero-order chi connectivity index (χ0) is 13.8. The summed E-state index contributed by atoms with van der Waals surface area (Å²) in [6.45, 7) is 1.75. The second-order valence-electron chi connectivity index (χ2n) is 3.92. The van der Waals surface area contributed by atoms with Crippen LogP contribution in [0.2, 0.25) is 0 Å². The number of carbonyl (C=O) groups is 1. The van der Waals surface area contributed by atoms with Crippen LogP contribution >= 0.6 is 0 Å². The monoisotopic (exact) mass is 262 g/mol. The lowest BCUT2D eigenvalue weighted by molar-refractivity contribution is 0.102. The quantitative estimate of drug-likeness (QED) is 0.923. The number of benzene rings is 1. The van der Waals surface area contributed by atoms with Gasteiger partial charge in [0.05, 0.1) is 0 Å². The zero-order valence-corrected chi connectivity index (χ0v) is 10.3. The smallest absolute Gasteiger partial charge is 0.274 e. The maximum Gasteiger partial charge on any atom is 0.274 e. The first kappa shape index (κ1) is 13.1. The van der Waals surface area contributed by atoms with Crippen molar-refractivity contribution in [3.63, 3.8) is 0 Å². The van der Waals surface area contributed by atoms with Gasteiger partial charge >= 0.3 is 0 Å². The second-order valence-corrected chi connectivity index (χ2v) is 3.92. The Morgan fingerprint density at radius 2 is 2.05 bits per heavy atom. The van der Waals surface area contributed by atoms with Gasteiger partial charge in [-0.25, -0.2) is 8.78 Å². The first-order valence-electron chi connectivity index (χ1n) is 5.82. The highest BCUT2D eigenvalue weighted by atomic mass is 19.1. The molecular formula is C14H12F2N2O. The highest BCUT2D eigenvalue weighted by Gasteiger charge is 2.16. The van der Waals surface area contributed by atoms with E-state index < -0.39 is 23.2 Å². The van der Waals surface area contributed by atoms with E-state index in [-0.39, 0.29) is 5.69 Å². The highest BCUT2D eigenvalue weighted by molar-refractivity contribution is 6.03. The van der Waals surface area contributed by atoms with E-state index in [0.717, 1.165) is 6.07 Å². The predicted molar refractivity (Wildman–Crippen MR) is 67.9 cm³/mol. The minimum Gasteiger partial charge on any atom is -0.316 e. The van der Waals surface area contributed by atoms with Gasteiger partial charge in [-0.05, 0) is 30.2 Å². The van der Waals surface area contributed by atoms with Crippen molar-refractivity contribution in [2.75, 3.05) is 5.32 Å². The molecule has 1 heterocycles. The van der Waals surface area contributed by atoms with Gasteiger partial charge in [0.25, 0.3) is 5.91 Å². The van der Waals surface area contributed by atoms with E-state index in [4.69, 9.17) is 0 Å². The van der Waals surface area contributed by atoms with Crippen molar-refractivity contribution in [2.24, 2.45) is 0 Å². The number of hydrogen-bond donors (Lipinski definition) is 1. The molecule has 1 N–H and O–H groups in total. The summed E-state index contributed by atoms with van der Waals surface area (Å²) in [4.78, 5) is 15.6. The number of carbonyl (C=O) groups excluding carboxylic acids is 1. The molecule has 5 heteroatoms. The largest absolute Gasteiger partial charge is 0.316 e. The molecular weight excluding hydrogens is 250 g/mol. The lowest BCUT2D eigenvalue weighted by Crippen LogP contribution is -2.16. The van der Waals surface area contributed by atoms with Gasteiger partial charge in [0.15, 0.2) is 5.82 Å². The molecule has 0 aliphatic rings. The number of nitrogens with zero attached hydrogens (tertiary/aromatic N) is 1. The summed E-state index contributed by atoms with van der Waals surface area (Å²) >= 11 is 0. The van der Waals surface area contributed by atoms with E-state index >= 15 is 0 Å². The minimum atomic E-state index is -0.806. The molecule has 3 nitrogen and oxygen atoms in total. The SMILES string of the molecule is CCc1ccc(F)c(NC(=O)c2ccccn2)c1F. The maximum atomic E-state index is 13.9. The third-order valence-electron chi connectivity index (χ3n) is 2.69. The third kappa shape index (κ3) is 2.76. The molecule has 0 spiro atoms. The average molecular weight is 262 g/mol. The summed E-state index contributed by atoms with van der Waals surface area (Å²) in [5, 5.41) is 2.22. The van der Waals surface area contributed by atoms with Crippen molar-refractivity contribution in [3.8, 4) is 0 Å². The van der Waals surface area contributed by atoms with E-state index in [0.29, 0.717) is 12.0 Å². The summed E-state index contributed by atoms with van der Waals surface area (Å²) < 4.78 is 27.5. The highest BCUT2D eigenvalue weighted by Crippen LogP contribution is 2.23. The summed E-state index contributed by atoms with van der Waals surface area (Å²) in [5.74, 6) is -2.20. The van der Waals surface area contributed by atoms with Crippen LogP contribution in [-0.4, -0.2) is 10.9 Å². The molecule has 0 fully saturated rings. The fourth-order valence-corrected chi connectivity index (χ4v) is 1.66. The van der Waals surface area contributed by atoms with Crippen LogP contribution in [-0.2, 0) is 6.42 Å². The lowest BCUT2D eigenvalue weighted by Gasteiger charge is -2.09. The molecule has 1 aromatic carbocycles. The topological polar surface area (TPSA) is 42.0 Å². The average Bonchev–Trinajstić information content (AvgIpc) is 2.44. The summed E-state index contributed by atoms with van der Waals surface area (Å²) in [6, 6.07) is 7.23. The van der Waals surface area contributed by atoms with Crippen LogP contribution in [0.4, 0.5) is 14.5 Å². The van der Waals surface area contributed by atoms with E-state index in [1.54, 1.807) is 19.1 Å². The fraction of sp³-hybridized carbons (Fsp3) is 0.143. The van der Waals surface area contributed by atoms with E-state index in [1.165, 1.54) is 18.3 Å². The molecule has 19 heavy (non-hydrogen) atoms. The number of aromatic nitrogens is 1. The van der Waals surface area contributed by atoms with E-state index in [2.05, 4.69) is 10.3 Å². The summed E-state index contributed by atoms with van der Waals surface area (Å²) in [5.41, 5.74) is 0.0101. The maximum absolute atomic E-state index is 13.9. The van der Waals surface area contributed by atoms with Crippen LogP contribution in [0.3, 0.4) is 0 Å². The van der Waals surface area contributed by atoms with Crippen molar-refractivity contribution in [2.45, 2.75) is 13.3 Å². The van der Waals surface area contributed by atoms with Crippen LogP contribution in [0.15, 0.2) is 36.5 Å². The first-order chi connectivity index (χ1) is 9.13. The molecule has 0 aliphatic heterocycles. The minimum absolute atomic E-state index is 0.100. The van der Waals surface area contributed by atoms with Crippen molar-refractivity contribution in [1.82, 2.24) is 4.98 Å². The number of halogens is 2. The molecule has 0 radical (unpaired) electrons. The molecule has 1 amide bonds. The van der Waals surface area contributed by atoms with Gasteiger partial charge in [0, 0.05) is 6.20 Å². The fourth-order valence-electron chi connectivity index (χ4n) is 1.66. The van der Waals surface area contributed by atoms with Crippen LogP contribution in [0.1, 0.15) is 23.0 Å². The molecule has 2 aromatic rings. The Labute approximate surface area is 109 Å². The summed E-state index contributed by atoms with van der Waals surface area (Å²) in [7, 11) is 0. The van der Waals surface area contributed by atoms with Crippen molar-refractivity contribution in [1.29, 1.82) is 0 Å². The number of pyridine rings is 1. The third-order valence-corrected chi connectivity index (χ3v) is 2.69. The molecule has 2 rings (SSSR count). The van der Waals surface area contributed by atoms with E-state index in [1.807, 2.05) is 0 Å². The van der Waals surface area contributed by atoms with Crippen LogP contribution < -0.4 is 5.32 Å². The molecule has 98 valence electrons. The Morgan fingerprint density at radius 3 is 2.68 bits per heavy atom. The molecule has 0 saturated heterocycles. The molecule has 0 aliphatic carbocycles. The van der Waals surface area contributed by atoms with Gasteiger partial charge in [-0.1, -0.05) is 19.1 Å². The number of amides is 1. The van der Waals surface area contributed by atoms with Crippen molar-refractivity contribution >= 4 is 11.6 Å². The van der Waals surface area contributed by atoms with Gasteiger partial charge in [-0.3, -0.25) is 9.78 Å². The molecule has 0 atom stereocenters. The standard InChI is InChI=1S/C14H12F2N2O/c1-2-9-6-7-10(15)13(12(9)16)18-14(19)11-5-3-4-8-17-11/h3-8H,2H2,1H3,(H,18,19). The molecule has 1 aromatic heterocycles. The first-order valence-corrected chi connectivity index (χ1v) is 5.82. The Hall–Kier alpha value is -2.30. The zero-order valence-electron chi connectivity index (χ0n) is 10.3. The van der Waals surface area contributed by atoms with Gasteiger partial charge in [-0.2, -0.15) is 0 Å². The van der Waals surface area contributed by atoms with Crippen LogP contribution in [0.5, 0.6) is 0 Å². The van der Waals surface area contributed by atoms with Gasteiger partial charge in [0.2, 0.25) is 0 Å². The predicted octanol–water partition coefficient (Wildman–Crippen LogP) is 3.17. The van der Waals surface area contributed by atoms with E-state index in [9.17, 15) is 13.6 Å². The number of nitrogens with one attached hydrogen (secondary N) is 1. The number of rotatable bonds is 3. The number of hydrogen-bond acceptors (Lipinski definition) is 2. The Kier molecular flexibility index (Phi) is 3.85.